The van der Waals surface area contributed by atoms with Crippen molar-refractivity contribution in [1.82, 2.24) is 15.2 Å². The molecule has 3 rings (SSSR count). The van der Waals surface area contributed by atoms with Gasteiger partial charge in [-0.1, -0.05) is 68.8 Å². The van der Waals surface area contributed by atoms with E-state index in [0.29, 0.717) is 11.4 Å². The van der Waals surface area contributed by atoms with E-state index in [1.807, 2.05) is 45.0 Å². The van der Waals surface area contributed by atoms with Crippen LogP contribution in [0.2, 0.25) is 5.02 Å². The summed E-state index contributed by atoms with van der Waals surface area (Å²) >= 11 is 6.07. The van der Waals surface area contributed by atoms with E-state index in [-0.39, 0.29) is 73.9 Å². The number of hydrogen-bond acceptors (Lipinski definition) is 8. The number of halogens is 2. The highest BCUT2D eigenvalue weighted by molar-refractivity contribution is 7.53. The molecule has 3 aromatic rings. The summed E-state index contributed by atoms with van der Waals surface area (Å²) in [6, 6.07) is 13.0. The van der Waals surface area contributed by atoms with Crippen molar-refractivity contribution in [2.45, 2.75) is 78.9 Å². The molecule has 0 aliphatic rings. The molecule has 0 spiro atoms. The van der Waals surface area contributed by atoms with E-state index >= 15 is 0 Å². The van der Waals surface area contributed by atoms with Crippen molar-refractivity contribution in [2.75, 3.05) is 38.3 Å². The summed E-state index contributed by atoms with van der Waals surface area (Å²) in [4.78, 5) is 44.5. The lowest BCUT2D eigenvalue weighted by Crippen LogP contribution is -2.42. The van der Waals surface area contributed by atoms with Gasteiger partial charge in [0.05, 0.1) is 29.4 Å². The number of benzene rings is 2. The van der Waals surface area contributed by atoms with Crippen molar-refractivity contribution in [3.63, 3.8) is 0 Å². The van der Waals surface area contributed by atoms with Crippen molar-refractivity contribution in [3.8, 4) is 0 Å². The van der Waals surface area contributed by atoms with Gasteiger partial charge in [-0.15, -0.1) is 0 Å². The second-order valence-electron chi connectivity index (χ2n) is 14.3. The number of likely N-dealkylation sites (N-methyl/N-ethyl adjacent to an activating group) is 1. The smallest absolute Gasteiger partial charge is 0.412 e. The van der Waals surface area contributed by atoms with Crippen LogP contribution in [0.3, 0.4) is 0 Å². The maximum Gasteiger partial charge on any atom is 0.412 e. The quantitative estimate of drug-likeness (QED) is 0.112. The Bertz CT molecular complexity index is 1660. The van der Waals surface area contributed by atoms with Gasteiger partial charge in [-0.2, -0.15) is 0 Å². The number of anilines is 1. The third-order valence-electron chi connectivity index (χ3n) is 7.35. The van der Waals surface area contributed by atoms with E-state index in [0.717, 1.165) is 10.8 Å². The number of aryl methyl sites for hydroxylation is 1. The van der Waals surface area contributed by atoms with Crippen molar-refractivity contribution in [3.05, 3.63) is 71.1 Å². The Labute approximate surface area is 299 Å². The number of hydrogen-bond donors (Lipinski definition) is 2. The maximum absolute atomic E-state index is 13.9. The minimum Gasteiger partial charge on any atom is -0.447 e. The lowest BCUT2D eigenvalue weighted by Gasteiger charge is -2.31. The molecule has 3 amide bonds. The van der Waals surface area contributed by atoms with E-state index in [1.54, 1.807) is 46.1 Å². The highest BCUT2D eigenvalue weighted by Crippen LogP contribution is 2.54. The molecule has 50 heavy (non-hydrogen) atoms. The van der Waals surface area contributed by atoms with Crippen LogP contribution in [0.1, 0.15) is 66.4 Å². The highest BCUT2D eigenvalue weighted by Gasteiger charge is 2.35. The molecule has 2 aromatic carbocycles. The first-order chi connectivity index (χ1) is 23.3. The third-order valence-corrected chi connectivity index (χ3v) is 10.5. The molecule has 2 N–H and O–H groups in total. The number of amides is 3. The predicted octanol–water partition coefficient (Wildman–Crippen LogP) is 8.00. The third kappa shape index (κ3) is 14.0. The number of pyridine rings is 1. The lowest BCUT2D eigenvalue weighted by molar-refractivity contribution is -0.133. The van der Waals surface area contributed by atoms with E-state index in [1.165, 1.54) is 17.0 Å². The van der Waals surface area contributed by atoms with Gasteiger partial charge < -0.3 is 24.0 Å². The lowest BCUT2D eigenvalue weighted by atomic mass is 10.0. The molecule has 1 aromatic heterocycles. The second kappa shape index (κ2) is 18.1. The molecule has 2 atom stereocenters. The fraction of sp³-hybridized carbons (Fsp3) is 0.500. The summed E-state index contributed by atoms with van der Waals surface area (Å²) in [5, 5.41) is 7.11. The average molecular weight is 735 g/mol. The molecule has 11 nitrogen and oxygen atoms in total. The molecule has 14 heteroatoms. The number of ether oxygens (including phenoxy) is 1. The van der Waals surface area contributed by atoms with Gasteiger partial charge in [0.15, 0.2) is 0 Å². The number of aromatic nitrogens is 1. The van der Waals surface area contributed by atoms with E-state index < -0.39 is 31.1 Å². The van der Waals surface area contributed by atoms with Crippen LogP contribution >= 0.6 is 19.2 Å². The van der Waals surface area contributed by atoms with E-state index in [2.05, 4.69) is 15.6 Å². The fourth-order valence-electron chi connectivity index (χ4n) is 5.08. The predicted molar refractivity (Wildman–Crippen MR) is 194 cm³/mol. The van der Waals surface area contributed by atoms with Crippen LogP contribution in [0.4, 0.5) is 15.0 Å². The molecule has 0 radical (unpaired) electrons. The summed E-state index contributed by atoms with van der Waals surface area (Å²) in [6.07, 6.45) is 1.43. The second-order valence-corrected chi connectivity index (χ2v) is 16.6. The molecular weight excluding hydrogens is 686 g/mol. The Hall–Kier alpha value is -3.57. The van der Waals surface area contributed by atoms with Gasteiger partial charge in [0, 0.05) is 38.0 Å². The van der Waals surface area contributed by atoms with Crippen LogP contribution < -0.4 is 10.6 Å². The number of carbonyl (C=O) groups excluding carboxylic acids is 3. The van der Waals surface area contributed by atoms with Crippen LogP contribution in [0, 0.1) is 11.2 Å². The van der Waals surface area contributed by atoms with Gasteiger partial charge in [0.1, 0.15) is 18.2 Å². The van der Waals surface area contributed by atoms with Crippen molar-refractivity contribution < 1.29 is 37.1 Å². The van der Waals surface area contributed by atoms with Crippen LogP contribution in [0.5, 0.6) is 0 Å². The molecule has 1 unspecified atom stereocenters. The zero-order valence-electron chi connectivity index (χ0n) is 29.9. The summed E-state index contributed by atoms with van der Waals surface area (Å²) in [5.74, 6) is -0.919. The minimum atomic E-state index is -3.45. The summed E-state index contributed by atoms with van der Waals surface area (Å²) < 4.78 is 44.4. The summed E-state index contributed by atoms with van der Waals surface area (Å²) in [6.45, 7) is 11.1. The van der Waals surface area contributed by atoms with Gasteiger partial charge in [-0.3, -0.25) is 19.5 Å². The van der Waals surface area contributed by atoms with Crippen molar-refractivity contribution in [2.24, 2.45) is 5.41 Å². The van der Waals surface area contributed by atoms with Gasteiger partial charge in [0.2, 0.25) is 11.8 Å². The minimum absolute atomic E-state index is 0.00658. The van der Waals surface area contributed by atoms with Gasteiger partial charge >= 0.3 is 13.7 Å². The number of rotatable bonds is 16. The number of carbonyl (C=O) groups is 3. The normalized spacial score (nSPS) is 13.7. The van der Waals surface area contributed by atoms with Gasteiger partial charge in [-0.25, -0.2) is 14.2 Å². The first-order valence-electron chi connectivity index (χ1n) is 16.5. The molecule has 0 saturated carbocycles. The molecule has 1 heterocycles. The SMILES string of the molecule is CN(C(=O)CCc1cccc(F)c1Cl)[C@@H](CCC(=O)NCCOP(=O)(CC(C)(C)C)OC(C)(C)C)COC(=O)Nc1cc2ccccc2cn1. The zero-order chi connectivity index (χ0) is 37.1. The molecule has 0 saturated heterocycles. The topological polar surface area (TPSA) is 136 Å². The monoisotopic (exact) mass is 734 g/mol. The van der Waals surface area contributed by atoms with Gasteiger partial charge in [0.25, 0.3) is 0 Å². The number of nitrogens with zero attached hydrogens (tertiary/aromatic N) is 2. The van der Waals surface area contributed by atoms with E-state index in [9.17, 15) is 23.3 Å². The molecular formula is C36H49ClFN4O7P. The Morgan fingerprint density at radius 3 is 2.40 bits per heavy atom. The van der Waals surface area contributed by atoms with Crippen LogP contribution in [-0.2, 0) is 34.4 Å². The zero-order valence-corrected chi connectivity index (χ0v) is 31.5. The molecule has 0 aliphatic carbocycles. The highest BCUT2D eigenvalue weighted by atomic mass is 35.5. The standard InChI is InChI=1S/C36H49ClFN4O7P/c1-35(2,3)24-50(46,49-36(4,5)6)48-20-19-39-31(43)17-16-28(42(7)32(44)18-15-25-13-10-14-29(38)33(25)37)23-47-34(45)41-30-21-26-11-8-9-12-27(26)22-40-30/h8-14,21-22,28H,15-20,23-24H2,1-7H3,(H,39,43)(H,40,41,45)/t28-,50?/m0/s1. The Kier molecular flexibility index (Phi) is 14.8. The first kappa shape index (κ1) is 40.9. The first-order valence-corrected chi connectivity index (χ1v) is 18.6. The fourth-order valence-corrected chi connectivity index (χ4v) is 7.87. The maximum atomic E-state index is 13.9. The number of nitrogens with one attached hydrogen (secondary N) is 2. The Morgan fingerprint density at radius 2 is 1.72 bits per heavy atom. The van der Waals surface area contributed by atoms with Crippen LogP contribution in [0.25, 0.3) is 10.8 Å². The molecule has 0 bridgehead atoms. The van der Waals surface area contributed by atoms with Crippen molar-refractivity contribution in [1.29, 1.82) is 0 Å². The summed E-state index contributed by atoms with van der Waals surface area (Å²) in [7, 11) is -1.90. The van der Waals surface area contributed by atoms with Crippen LogP contribution in [0.15, 0.2) is 54.7 Å². The summed E-state index contributed by atoms with van der Waals surface area (Å²) in [5.41, 5.74) is -0.501. The van der Waals surface area contributed by atoms with Gasteiger partial charge in [-0.05, 0) is 62.1 Å². The van der Waals surface area contributed by atoms with Crippen LogP contribution in [-0.4, -0.2) is 72.4 Å². The number of fused-ring (bicyclic) bond motifs is 1. The Balaban J connectivity index is 1.60. The molecule has 0 fully saturated rings. The average Bonchev–Trinajstić information content (AvgIpc) is 3.01. The largest absolute Gasteiger partial charge is 0.447 e. The Morgan fingerprint density at radius 1 is 1.02 bits per heavy atom. The van der Waals surface area contributed by atoms with Crippen molar-refractivity contribution >= 4 is 53.7 Å². The molecule has 274 valence electrons. The molecule has 0 aliphatic heterocycles. The van der Waals surface area contributed by atoms with E-state index in [4.69, 9.17) is 25.4 Å².